The SMILES string of the molecule is C=C1C(O)CCC2(C)C(OC(C)=O)C(O)C3=C(C)C(O)CC(O)(C(OC(C)=O)C12)C3(C)C. The number of esters is 2. The molecule has 2 bridgehead atoms. The lowest BCUT2D eigenvalue weighted by Crippen LogP contribution is -2.70. The van der Waals surface area contributed by atoms with Crippen LogP contribution >= 0.6 is 0 Å². The van der Waals surface area contributed by atoms with Crippen LogP contribution in [0.5, 0.6) is 0 Å². The van der Waals surface area contributed by atoms with E-state index >= 15 is 0 Å². The van der Waals surface area contributed by atoms with Crippen LogP contribution in [0.4, 0.5) is 0 Å². The molecule has 180 valence electrons. The number of carbonyl (C=O) groups excluding carboxylic acids is 2. The molecule has 3 rings (SSSR count). The minimum absolute atomic E-state index is 0.131. The summed E-state index contributed by atoms with van der Waals surface area (Å²) in [7, 11) is 0. The third-order valence-electron chi connectivity index (χ3n) is 8.27. The Morgan fingerprint density at radius 2 is 1.53 bits per heavy atom. The van der Waals surface area contributed by atoms with E-state index in [0.29, 0.717) is 29.6 Å². The molecule has 0 heterocycles. The number of ether oxygens (including phenoxy) is 2. The number of aliphatic hydroxyl groups excluding tert-OH is 3. The highest BCUT2D eigenvalue weighted by Gasteiger charge is 2.68. The molecule has 0 aromatic carbocycles. The summed E-state index contributed by atoms with van der Waals surface area (Å²) in [4.78, 5) is 24.3. The van der Waals surface area contributed by atoms with Crippen LogP contribution in [0.2, 0.25) is 0 Å². The topological polar surface area (TPSA) is 134 Å². The van der Waals surface area contributed by atoms with Gasteiger partial charge in [-0.3, -0.25) is 9.59 Å². The van der Waals surface area contributed by atoms with Gasteiger partial charge in [-0.05, 0) is 36.5 Å². The predicted octanol–water partition coefficient (Wildman–Crippen LogP) is 1.40. The first-order valence-corrected chi connectivity index (χ1v) is 11.1. The van der Waals surface area contributed by atoms with Gasteiger partial charge in [0, 0.05) is 37.0 Å². The summed E-state index contributed by atoms with van der Waals surface area (Å²) in [6.07, 6.45) is -5.13. The molecule has 8 atom stereocenters. The van der Waals surface area contributed by atoms with Crippen molar-refractivity contribution in [2.75, 3.05) is 0 Å². The summed E-state index contributed by atoms with van der Waals surface area (Å²) >= 11 is 0. The van der Waals surface area contributed by atoms with Crippen molar-refractivity contribution in [1.82, 2.24) is 0 Å². The van der Waals surface area contributed by atoms with Crippen LogP contribution in [0, 0.1) is 16.7 Å². The van der Waals surface area contributed by atoms with Gasteiger partial charge in [0.2, 0.25) is 0 Å². The molecular weight excluding hydrogens is 416 g/mol. The molecule has 2 fully saturated rings. The normalized spacial score (nSPS) is 43.6. The van der Waals surface area contributed by atoms with E-state index in [4.69, 9.17) is 9.47 Å². The number of rotatable bonds is 2. The lowest BCUT2D eigenvalue weighted by atomic mass is 9.47. The van der Waals surface area contributed by atoms with Crippen molar-refractivity contribution in [3.63, 3.8) is 0 Å². The molecule has 4 N–H and O–H groups in total. The predicted molar refractivity (Wildman–Crippen MR) is 115 cm³/mol. The zero-order valence-electron chi connectivity index (χ0n) is 19.7. The molecule has 3 aliphatic rings. The molecule has 0 amide bonds. The number of hydrogen-bond donors (Lipinski definition) is 4. The lowest BCUT2D eigenvalue weighted by Gasteiger charge is -2.62. The van der Waals surface area contributed by atoms with Crippen LogP contribution in [-0.4, -0.2) is 68.5 Å². The van der Waals surface area contributed by atoms with Crippen molar-refractivity contribution in [2.45, 2.75) is 96.9 Å². The average Bonchev–Trinajstić information content (AvgIpc) is 2.66. The largest absolute Gasteiger partial charge is 0.459 e. The number of hydrogen-bond acceptors (Lipinski definition) is 8. The maximum atomic E-state index is 12.2. The Hall–Kier alpha value is -1.74. The van der Waals surface area contributed by atoms with Gasteiger partial charge >= 0.3 is 11.9 Å². The van der Waals surface area contributed by atoms with Gasteiger partial charge < -0.3 is 29.9 Å². The number of fused-ring (bicyclic) bond motifs is 3. The van der Waals surface area contributed by atoms with Gasteiger partial charge in [-0.15, -0.1) is 0 Å². The van der Waals surface area contributed by atoms with E-state index in [1.165, 1.54) is 13.8 Å². The van der Waals surface area contributed by atoms with E-state index in [0.717, 1.165) is 0 Å². The summed E-state index contributed by atoms with van der Waals surface area (Å²) in [5.74, 6) is -2.08. The Morgan fingerprint density at radius 3 is 2.06 bits per heavy atom. The second-order valence-electron chi connectivity index (χ2n) is 10.5. The minimum Gasteiger partial charge on any atom is -0.459 e. The second kappa shape index (κ2) is 7.94. The van der Waals surface area contributed by atoms with Crippen LogP contribution in [0.1, 0.15) is 60.8 Å². The van der Waals surface area contributed by atoms with E-state index in [1.807, 2.05) is 0 Å². The first-order chi connectivity index (χ1) is 14.6. The molecule has 8 nitrogen and oxygen atoms in total. The third kappa shape index (κ3) is 3.43. The van der Waals surface area contributed by atoms with Crippen LogP contribution in [-0.2, 0) is 19.1 Å². The minimum atomic E-state index is -1.79. The lowest BCUT2D eigenvalue weighted by molar-refractivity contribution is -0.239. The number of carbonyl (C=O) groups is 2. The molecule has 2 saturated carbocycles. The standard InChI is InChI=1S/C24H36O8/c1-11-15(27)8-9-23(7)18(11)20(31-13(3)25)24(30)10-16(28)12(2)17(22(24,5)6)19(29)21(23)32-14(4)26/h15-16,18-21,27-30H,1,8-10H2,2-7H3. The van der Waals surface area contributed by atoms with Gasteiger partial charge in [0.15, 0.2) is 0 Å². The summed E-state index contributed by atoms with van der Waals surface area (Å²) in [5.41, 5.74) is -2.79. The zero-order valence-corrected chi connectivity index (χ0v) is 19.7. The fraction of sp³-hybridized carbons (Fsp3) is 0.750. The summed E-state index contributed by atoms with van der Waals surface area (Å²) in [6, 6.07) is 0. The molecule has 0 aliphatic heterocycles. The van der Waals surface area contributed by atoms with Crippen molar-refractivity contribution in [3.8, 4) is 0 Å². The van der Waals surface area contributed by atoms with Gasteiger partial charge in [-0.1, -0.05) is 27.4 Å². The maximum Gasteiger partial charge on any atom is 0.303 e. The van der Waals surface area contributed by atoms with Crippen LogP contribution in [0.3, 0.4) is 0 Å². The van der Waals surface area contributed by atoms with Crippen molar-refractivity contribution in [1.29, 1.82) is 0 Å². The van der Waals surface area contributed by atoms with Crippen LogP contribution < -0.4 is 0 Å². The Balaban J connectivity index is 2.40. The highest BCUT2D eigenvalue weighted by molar-refractivity contribution is 5.67. The quantitative estimate of drug-likeness (QED) is 0.365. The Labute approximate surface area is 188 Å². The molecule has 0 radical (unpaired) electrons. The van der Waals surface area contributed by atoms with E-state index < -0.39 is 64.8 Å². The van der Waals surface area contributed by atoms with E-state index in [2.05, 4.69) is 6.58 Å². The summed E-state index contributed by atoms with van der Waals surface area (Å²) < 4.78 is 11.5. The van der Waals surface area contributed by atoms with E-state index in [1.54, 1.807) is 27.7 Å². The smallest absolute Gasteiger partial charge is 0.303 e. The second-order valence-corrected chi connectivity index (χ2v) is 10.5. The molecule has 8 unspecified atom stereocenters. The average molecular weight is 453 g/mol. The Morgan fingerprint density at radius 1 is 1.00 bits per heavy atom. The van der Waals surface area contributed by atoms with Crippen molar-refractivity contribution < 1.29 is 39.5 Å². The highest BCUT2D eigenvalue weighted by atomic mass is 16.6. The molecule has 32 heavy (non-hydrogen) atoms. The monoisotopic (exact) mass is 452 g/mol. The van der Waals surface area contributed by atoms with Gasteiger partial charge in [0.25, 0.3) is 0 Å². The van der Waals surface area contributed by atoms with Gasteiger partial charge in [0.05, 0.1) is 12.2 Å². The van der Waals surface area contributed by atoms with Crippen molar-refractivity contribution in [2.24, 2.45) is 16.7 Å². The first-order valence-electron chi connectivity index (χ1n) is 11.1. The van der Waals surface area contributed by atoms with Crippen molar-refractivity contribution >= 4 is 11.9 Å². The first kappa shape index (κ1) is 24.9. The fourth-order valence-corrected chi connectivity index (χ4v) is 6.47. The fourth-order valence-electron chi connectivity index (χ4n) is 6.47. The number of aliphatic hydroxyl groups is 4. The highest BCUT2D eigenvalue weighted by Crippen LogP contribution is 2.61. The molecule has 0 aromatic rings. The van der Waals surface area contributed by atoms with Crippen LogP contribution in [0.15, 0.2) is 23.3 Å². The summed E-state index contributed by atoms with van der Waals surface area (Å²) in [6.45, 7) is 13.5. The van der Waals surface area contributed by atoms with E-state index in [-0.39, 0.29) is 6.42 Å². The third-order valence-corrected chi connectivity index (χ3v) is 8.27. The van der Waals surface area contributed by atoms with E-state index in [9.17, 15) is 30.0 Å². The van der Waals surface area contributed by atoms with Gasteiger partial charge in [0.1, 0.15) is 23.9 Å². The molecule has 3 aliphatic carbocycles. The Bertz CT molecular complexity index is 860. The summed E-state index contributed by atoms with van der Waals surface area (Å²) in [5, 5.41) is 45.3. The molecule has 8 heteroatoms. The van der Waals surface area contributed by atoms with Gasteiger partial charge in [-0.2, -0.15) is 0 Å². The molecule has 0 spiro atoms. The van der Waals surface area contributed by atoms with Gasteiger partial charge in [-0.25, -0.2) is 0 Å². The molecule has 0 aromatic heterocycles. The van der Waals surface area contributed by atoms with Crippen LogP contribution in [0.25, 0.3) is 0 Å². The maximum absolute atomic E-state index is 12.2. The van der Waals surface area contributed by atoms with Crippen molar-refractivity contribution in [3.05, 3.63) is 23.3 Å². The zero-order chi connectivity index (χ0) is 24.4. The Kier molecular flexibility index (Phi) is 6.17. The molecular formula is C24H36O8. The molecule has 0 saturated heterocycles.